The third kappa shape index (κ3) is 5.27. The van der Waals surface area contributed by atoms with Crippen LogP contribution in [-0.4, -0.2) is 43.1 Å². The van der Waals surface area contributed by atoms with Gasteiger partial charge >= 0.3 is 0 Å². The zero-order valence-electron chi connectivity index (χ0n) is 13.5. The quantitative estimate of drug-likeness (QED) is 0.826. The molecule has 0 aromatic carbocycles. The van der Waals surface area contributed by atoms with Crippen LogP contribution in [0.5, 0.6) is 0 Å². The van der Waals surface area contributed by atoms with Crippen molar-refractivity contribution < 1.29 is 18.0 Å². The molecule has 1 heterocycles. The first-order chi connectivity index (χ1) is 9.92. The summed E-state index contributed by atoms with van der Waals surface area (Å²) in [5, 5.41) is 2.63. The van der Waals surface area contributed by atoms with Gasteiger partial charge in [-0.3, -0.25) is 14.2 Å². The number of nitrogens with zero attached hydrogens (tertiary/aromatic N) is 1. The van der Waals surface area contributed by atoms with Crippen LogP contribution >= 0.6 is 0 Å². The topological polar surface area (TPSA) is 97.3 Å². The Labute approximate surface area is 131 Å². The lowest BCUT2D eigenvalue weighted by Gasteiger charge is -2.31. The summed E-state index contributed by atoms with van der Waals surface area (Å²) in [6.45, 7) is 6.91. The van der Waals surface area contributed by atoms with Gasteiger partial charge in [-0.1, -0.05) is 20.8 Å². The van der Waals surface area contributed by atoms with Crippen LogP contribution < -0.4 is 10.0 Å². The van der Waals surface area contributed by atoms with Crippen molar-refractivity contribution in [3.63, 3.8) is 0 Å². The summed E-state index contributed by atoms with van der Waals surface area (Å²) in [6, 6.07) is 1.69. The van der Waals surface area contributed by atoms with E-state index in [9.17, 15) is 18.0 Å². The fraction of sp³-hybridized carbons (Fsp3) is 0.571. The van der Waals surface area contributed by atoms with Crippen LogP contribution in [0.15, 0.2) is 24.5 Å². The Morgan fingerprint density at radius 2 is 1.64 bits per heavy atom. The maximum Gasteiger partial charge on any atom is 0.253 e. The lowest BCUT2D eigenvalue weighted by molar-refractivity contribution is -0.123. The lowest BCUT2D eigenvalue weighted by Crippen LogP contribution is -2.55. The molecule has 22 heavy (non-hydrogen) atoms. The minimum atomic E-state index is -3.50. The zero-order valence-corrected chi connectivity index (χ0v) is 14.3. The summed E-state index contributed by atoms with van der Waals surface area (Å²) in [5.41, 5.74) is -0.526. The van der Waals surface area contributed by atoms with Crippen molar-refractivity contribution in [2.75, 3.05) is 6.26 Å². The second kappa shape index (κ2) is 6.62. The van der Waals surface area contributed by atoms with Gasteiger partial charge in [-0.15, -0.1) is 0 Å². The number of hydrogen-bond donors (Lipinski definition) is 2. The molecule has 124 valence electrons. The van der Waals surface area contributed by atoms with Crippen LogP contribution in [0.4, 0.5) is 0 Å². The van der Waals surface area contributed by atoms with Gasteiger partial charge in [-0.05, 0) is 24.5 Å². The van der Waals surface area contributed by atoms with Crippen molar-refractivity contribution in [2.45, 2.75) is 39.8 Å². The normalized spacial score (nSPS) is 15.1. The van der Waals surface area contributed by atoms with Gasteiger partial charge in [-0.2, -0.15) is 0 Å². The van der Waals surface area contributed by atoms with E-state index in [1.165, 1.54) is 11.5 Å². The van der Waals surface area contributed by atoms with Gasteiger partial charge in [0.05, 0.1) is 12.3 Å². The molecule has 0 bridgehead atoms. The standard InChI is InChI=1S/C14H23N3O4S/c1-10(16-22(5,20)21)12(18)15-11(14(2,3)4)13(19)17-8-6-7-9-17/h6-11,16H,1-5H3,(H,15,18). The molecule has 8 heteroatoms. The predicted molar refractivity (Wildman–Crippen MR) is 83.9 cm³/mol. The molecule has 0 aliphatic heterocycles. The Bertz CT molecular complexity index is 630. The van der Waals surface area contributed by atoms with Gasteiger partial charge in [0.1, 0.15) is 6.04 Å². The Morgan fingerprint density at radius 1 is 1.14 bits per heavy atom. The van der Waals surface area contributed by atoms with E-state index >= 15 is 0 Å². The largest absolute Gasteiger partial charge is 0.342 e. The third-order valence-corrected chi connectivity index (χ3v) is 3.82. The molecule has 2 atom stereocenters. The summed E-state index contributed by atoms with van der Waals surface area (Å²) in [4.78, 5) is 24.7. The number of amides is 1. The van der Waals surface area contributed by atoms with E-state index in [1.54, 1.807) is 24.5 Å². The summed E-state index contributed by atoms with van der Waals surface area (Å²) >= 11 is 0. The molecule has 0 saturated carbocycles. The fourth-order valence-corrected chi connectivity index (χ4v) is 2.67. The second-order valence-corrected chi connectivity index (χ2v) is 8.13. The van der Waals surface area contributed by atoms with Crippen LogP contribution in [0.2, 0.25) is 0 Å². The fourth-order valence-electron chi connectivity index (χ4n) is 1.92. The number of sulfonamides is 1. The van der Waals surface area contributed by atoms with E-state index in [0.29, 0.717) is 0 Å². The highest BCUT2D eigenvalue weighted by Crippen LogP contribution is 2.21. The molecule has 2 unspecified atom stereocenters. The SMILES string of the molecule is CC(NS(C)(=O)=O)C(=O)NC(C(=O)n1cccc1)C(C)(C)C. The van der Waals surface area contributed by atoms with E-state index in [-0.39, 0.29) is 5.91 Å². The van der Waals surface area contributed by atoms with Gasteiger partial charge in [-0.25, -0.2) is 13.1 Å². The van der Waals surface area contributed by atoms with Gasteiger partial charge in [0, 0.05) is 12.4 Å². The minimum Gasteiger partial charge on any atom is -0.342 e. The van der Waals surface area contributed by atoms with Gasteiger partial charge in [0.2, 0.25) is 15.9 Å². The van der Waals surface area contributed by atoms with Crippen molar-refractivity contribution in [3.8, 4) is 0 Å². The maximum atomic E-state index is 12.5. The molecule has 7 nitrogen and oxygen atoms in total. The highest BCUT2D eigenvalue weighted by molar-refractivity contribution is 7.88. The van der Waals surface area contributed by atoms with Crippen molar-refractivity contribution in [2.24, 2.45) is 5.41 Å². The van der Waals surface area contributed by atoms with Crippen LogP contribution in [0.3, 0.4) is 0 Å². The summed E-state index contributed by atoms with van der Waals surface area (Å²) in [7, 11) is -3.50. The van der Waals surface area contributed by atoms with E-state index in [2.05, 4.69) is 10.0 Å². The molecule has 2 N–H and O–H groups in total. The number of hydrogen-bond acceptors (Lipinski definition) is 4. The average Bonchev–Trinajstić information content (AvgIpc) is 2.84. The van der Waals surface area contributed by atoms with Gasteiger partial charge in [0.25, 0.3) is 5.91 Å². The smallest absolute Gasteiger partial charge is 0.253 e. The maximum absolute atomic E-state index is 12.5. The lowest BCUT2D eigenvalue weighted by atomic mass is 9.86. The van der Waals surface area contributed by atoms with Crippen molar-refractivity contribution >= 4 is 21.8 Å². The molecule has 0 spiro atoms. The summed E-state index contributed by atoms with van der Waals surface area (Å²) in [6.07, 6.45) is 4.18. The van der Waals surface area contributed by atoms with Crippen molar-refractivity contribution in [1.29, 1.82) is 0 Å². The Kier molecular flexibility index (Phi) is 5.53. The first-order valence-electron chi connectivity index (χ1n) is 6.86. The molecule has 1 aromatic heterocycles. The van der Waals surface area contributed by atoms with E-state index < -0.39 is 33.4 Å². The van der Waals surface area contributed by atoms with E-state index in [4.69, 9.17) is 0 Å². The van der Waals surface area contributed by atoms with E-state index in [1.807, 2.05) is 20.8 Å². The third-order valence-electron chi connectivity index (χ3n) is 3.04. The van der Waals surface area contributed by atoms with Crippen LogP contribution in [0.1, 0.15) is 32.5 Å². The summed E-state index contributed by atoms with van der Waals surface area (Å²) in [5.74, 6) is -0.830. The molecular formula is C14H23N3O4S. The number of carbonyl (C=O) groups is 2. The number of aromatic nitrogens is 1. The Balaban J connectivity index is 2.91. The molecular weight excluding hydrogens is 306 g/mol. The minimum absolute atomic E-state index is 0.280. The Hall–Kier alpha value is -1.67. The highest BCUT2D eigenvalue weighted by Gasteiger charge is 2.34. The van der Waals surface area contributed by atoms with Crippen LogP contribution in [0, 0.1) is 5.41 Å². The zero-order chi connectivity index (χ0) is 17.1. The monoisotopic (exact) mass is 329 g/mol. The highest BCUT2D eigenvalue weighted by atomic mass is 32.2. The first kappa shape index (κ1) is 18.4. The number of carbonyl (C=O) groups excluding carboxylic acids is 2. The van der Waals surface area contributed by atoms with E-state index in [0.717, 1.165) is 6.26 Å². The molecule has 1 aromatic rings. The van der Waals surface area contributed by atoms with Gasteiger partial charge in [0.15, 0.2) is 0 Å². The number of nitrogens with one attached hydrogen (secondary N) is 2. The molecule has 0 aliphatic carbocycles. The molecule has 0 saturated heterocycles. The molecule has 0 aliphatic rings. The second-order valence-electron chi connectivity index (χ2n) is 6.35. The predicted octanol–water partition coefficient (Wildman–Crippen LogP) is 0.597. The van der Waals surface area contributed by atoms with Crippen LogP contribution in [-0.2, 0) is 14.8 Å². The van der Waals surface area contributed by atoms with Crippen molar-refractivity contribution in [1.82, 2.24) is 14.6 Å². The molecule has 0 radical (unpaired) electrons. The molecule has 0 fully saturated rings. The summed E-state index contributed by atoms with van der Waals surface area (Å²) < 4.78 is 26.0. The molecule has 1 rings (SSSR count). The van der Waals surface area contributed by atoms with Crippen molar-refractivity contribution in [3.05, 3.63) is 24.5 Å². The van der Waals surface area contributed by atoms with Gasteiger partial charge < -0.3 is 5.32 Å². The van der Waals surface area contributed by atoms with Crippen LogP contribution in [0.25, 0.3) is 0 Å². The Morgan fingerprint density at radius 3 is 2.05 bits per heavy atom. The molecule has 1 amide bonds. The average molecular weight is 329 g/mol. The first-order valence-corrected chi connectivity index (χ1v) is 8.76. The number of rotatable bonds is 5.